The maximum atomic E-state index is 12.1. The minimum absolute atomic E-state index is 0.238. The van der Waals surface area contributed by atoms with Crippen LogP contribution >= 0.6 is 23.2 Å². The molecule has 5 heteroatoms. The minimum atomic E-state index is -0.316. The molecule has 0 atom stereocenters. The number of nitrogens with two attached hydrogens (primary N) is 1. The number of anilines is 1. The first kappa shape index (κ1) is 15.4. The van der Waals surface area contributed by atoms with E-state index in [4.69, 9.17) is 28.9 Å². The Kier molecular flexibility index (Phi) is 5.24. The number of hydrogen-bond donors (Lipinski definition) is 2. The van der Waals surface area contributed by atoms with Gasteiger partial charge in [-0.3, -0.25) is 4.79 Å². The summed E-state index contributed by atoms with van der Waals surface area (Å²) in [5, 5.41) is 3.34. The van der Waals surface area contributed by atoms with Gasteiger partial charge in [0.15, 0.2) is 0 Å². The molecule has 0 fully saturated rings. The van der Waals surface area contributed by atoms with E-state index >= 15 is 0 Å². The smallest absolute Gasteiger partial charge is 0.257 e. The monoisotopic (exact) mass is 318 g/mol. The van der Waals surface area contributed by atoms with E-state index in [0.29, 0.717) is 22.8 Å². The van der Waals surface area contributed by atoms with Crippen LogP contribution in [0.3, 0.4) is 0 Å². The lowest BCUT2D eigenvalue weighted by molar-refractivity contribution is 0.102. The number of rotatable bonds is 2. The van der Waals surface area contributed by atoms with Crippen LogP contribution in [0.5, 0.6) is 0 Å². The van der Waals surface area contributed by atoms with Crippen LogP contribution in [0.2, 0.25) is 10.0 Å². The predicted octanol–water partition coefficient (Wildman–Crippen LogP) is 3.56. The lowest BCUT2D eigenvalue weighted by Crippen LogP contribution is -2.12. The number of nitrogens with one attached hydrogen (secondary N) is 1. The molecular formula is C16H12Cl2N2O. The Labute approximate surface area is 133 Å². The number of halogens is 2. The molecular weight excluding hydrogens is 307 g/mol. The van der Waals surface area contributed by atoms with Crippen molar-refractivity contribution in [1.82, 2.24) is 0 Å². The second-order valence-electron chi connectivity index (χ2n) is 4.14. The van der Waals surface area contributed by atoms with Crippen LogP contribution in [0.4, 0.5) is 5.69 Å². The van der Waals surface area contributed by atoms with Gasteiger partial charge >= 0.3 is 0 Å². The molecule has 2 aromatic carbocycles. The first-order valence-electron chi connectivity index (χ1n) is 6.16. The fourth-order valence-corrected chi connectivity index (χ4v) is 2.05. The van der Waals surface area contributed by atoms with Crippen LogP contribution in [0.25, 0.3) is 0 Å². The Balaban J connectivity index is 2.14. The second kappa shape index (κ2) is 7.14. The largest absolute Gasteiger partial charge is 0.322 e. The molecule has 0 aliphatic heterocycles. The number of benzene rings is 2. The highest BCUT2D eigenvalue weighted by Crippen LogP contribution is 2.26. The molecule has 3 nitrogen and oxygen atoms in total. The van der Waals surface area contributed by atoms with E-state index in [1.807, 2.05) is 0 Å². The van der Waals surface area contributed by atoms with Crippen molar-refractivity contribution >= 4 is 34.8 Å². The number of amides is 1. The Morgan fingerprint density at radius 2 is 1.86 bits per heavy atom. The third-order valence-corrected chi connectivity index (χ3v) is 3.49. The van der Waals surface area contributed by atoms with E-state index in [0.717, 1.165) is 5.56 Å². The summed E-state index contributed by atoms with van der Waals surface area (Å²) in [5.74, 6) is 5.35. The van der Waals surface area contributed by atoms with Gasteiger partial charge in [-0.15, -0.1) is 0 Å². The highest BCUT2D eigenvalue weighted by atomic mass is 35.5. The zero-order chi connectivity index (χ0) is 15.2. The van der Waals surface area contributed by atoms with Crippen molar-refractivity contribution in [2.45, 2.75) is 0 Å². The van der Waals surface area contributed by atoms with Gasteiger partial charge in [0.25, 0.3) is 5.91 Å². The van der Waals surface area contributed by atoms with E-state index in [9.17, 15) is 4.79 Å². The number of carbonyl (C=O) groups excluding carboxylic acids is 1. The van der Waals surface area contributed by atoms with Crippen molar-refractivity contribution in [3.05, 3.63) is 63.6 Å². The summed E-state index contributed by atoms with van der Waals surface area (Å²) in [6.07, 6.45) is 0. The molecule has 0 saturated carbocycles. The molecule has 0 saturated heterocycles. The van der Waals surface area contributed by atoms with E-state index < -0.39 is 0 Å². The van der Waals surface area contributed by atoms with Crippen molar-refractivity contribution in [1.29, 1.82) is 0 Å². The third-order valence-electron chi connectivity index (χ3n) is 2.67. The van der Waals surface area contributed by atoms with Crippen molar-refractivity contribution in [3.63, 3.8) is 0 Å². The first-order valence-corrected chi connectivity index (χ1v) is 6.92. The van der Waals surface area contributed by atoms with Gasteiger partial charge in [-0.2, -0.15) is 0 Å². The van der Waals surface area contributed by atoms with Crippen molar-refractivity contribution < 1.29 is 4.79 Å². The predicted molar refractivity (Wildman–Crippen MR) is 86.8 cm³/mol. The molecule has 0 heterocycles. The van der Waals surface area contributed by atoms with Crippen molar-refractivity contribution in [2.24, 2.45) is 5.73 Å². The topological polar surface area (TPSA) is 55.1 Å². The van der Waals surface area contributed by atoms with Crippen LogP contribution in [-0.2, 0) is 0 Å². The number of hydrogen-bond acceptors (Lipinski definition) is 2. The SMILES string of the molecule is NCC#Cc1ccc(NC(=O)c2cccc(Cl)c2Cl)cc1. The van der Waals surface area contributed by atoms with Crippen LogP contribution in [0.15, 0.2) is 42.5 Å². The zero-order valence-electron chi connectivity index (χ0n) is 11.0. The van der Waals surface area contributed by atoms with E-state index in [1.54, 1.807) is 42.5 Å². The Morgan fingerprint density at radius 1 is 1.14 bits per heavy atom. The molecule has 0 aliphatic rings. The molecule has 0 unspecified atom stereocenters. The van der Waals surface area contributed by atoms with Gasteiger partial charge in [0, 0.05) is 11.3 Å². The summed E-state index contributed by atoms with van der Waals surface area (Å²) in [4.78, 5) is 12.1. The van der Waals surface area contributed by atoms with E-state index in [2.05, 4.69) is 17.2 Å². The molecule has 3 N–H and O–H groups in total. The number of carbonyl (C=O) groups is 1. The average molecular weight is 319 g/mol. The van der Waals surface area contributed by atoms with Gasteiger partial charge < -0.3 is 11.1 Å². The standard InChI is InChI=1S/C16H12Cl2N2O/c17-14-5-1-4-13(15(14)18)16(21)20-12-8-6-11(7-9-12)3-2-10-19/h1,4-9H,10,19H2,(H,20,21). The molecule has 1 amide bonds. The first-order chi connectivity index (χ1) is 10.1. The summed E-state index contributed by atoms with van der Waals surface area (Å²) >= 11 is 11.9. The van der Waals surface area contributed by atoms with Gasteiger partial charge in [-0.05, 0) is 36.4 Å². The van der Waals surface area contributed by atoms with Crippen molar-refractivity contribution in [3.8, 4) is 11.8 Å². The van der Waals surface area contributed by atoms with E-state index in [1.165, 1.54) is 0 Å². The van der Waals surface area contributed by atoms with Gasteiger partial charge in [0.05, 0.1) is 22.2 Å². The highest BCUT2D eigenvalue weighted by molar-refractivity contribution is 6.44. The molecule has 0 spiro atoms. The van der Waals surface area contributed by atoms with Gasteiger partial charge in [-0.1, -0.05) is 41.1 Å². The third kappa shape index (κ3) is 3.99. The molecule has 0 radical (unpaired) electrons. The molecule has 2 aromatic rings. The van der Waals surface area contributed by atoms with Crippen LogP contribution in [0.1, 0.15) is 15.9 Å². The fraction of sp³-hybridized carbons (Fsp3) is 0.0625. The molecule has 106 valence electrons. The minimum Gasteiger partial charge on any atom is -0.322 e. The van der Waals surface area contributed by atoms with Gasteiger partial charge in [-0.25, -0.2) is 0 Å². The van der Waals surface area contributed by atoms with E-state index in [-0.39, 0.29) is 10.9 Å². The summed E-state index contributed by atoms with van der Waals surface area (Å²) < 4.78 is 0. The molecule has 0 aromatic heterocycles. The summed E-state index contributed by atoms with van der Waals surface area (Å²) in [7, 11) is 0. The lowest BCUT2D eigenvalue weighted by Gasteiger charge is -2.07. The second-order valence-corrected chi connectivity index (χ2v) is 4.92. The molecule has 0 bridgehead atoms. The molecule has 0 aliphatic carbocycles. The quantitative estimate of drug-likeness (QED) is 0.832. The Bertz CT molecular complexity index is 715. The summed E-state index contributed by atoms with van der Waals surface area (Å²) in [5.41, 5.74) is 7.12. The van der Waals surface area contributed by atoms with Crippen molar-refractivity contribution in [2.75, 3.05) is 11.9 Å². The van der Waals surface area contributed by atoms with Crippen LogP contribution in [0, 0.1) is 11.8 Å². The van der Waals surface area contributed by atoms with Crippen LogP contribution < -0.4 is 11.1 Å². The van der Waals surface area contributed by atoms with Gasteiger partial charge in [0.1, 0.15) is 0 Å². The van der Waals surface area contributed by atoms with Crippen LogP contribution in [-0.4, -0.2) is 12.5 Å². The maximum Gasteiger partial charge on any atom is 0.257 e. The Morgan fingerprint density at radius 3 is 2.52 bits per heavy atom. The lowest BCUT2D eigenvalue weighted by atomic mass is 10.2. The summed E-state index contributed by atoms with van der Waals surface area (Å²) in [6, 6.07) is 12.0. The van der Waals surface area contributed by atoms with Gasteiger partial charge in [0.2, 0.25) is 0 Å². The normalized spacial score (nSPS) is 9.67. The maximum absolute atomic E-state index is 12.1. The fourth-order valence-electron chi connectivity index (χ4n) is 1.67. The summed E-state index contributed by atoms with van der Waals surface area (Å²) in [6.45, 7) is 0.311. The zero-order valence-corrected chi connectivity index (χ0v) is 12.5. The average Bonchev–Trinajstić information content (AvgIpc) is 2.49. The Hall–Kier alpha value is -1.99. The highest BCUT2D eigenvalue weighted by Gasteiger charge is 2.12. The molecule has 21 heavy (non-hydrogen) atoms. The molecule has 2 rings (SSSR count).